The van der Waals surface area contributed by atoms with Crippen LogP contribution >= 0.6 is 22.7 Å². The lowest BCUT2D eigenvalue weighted by molar-refractivity contribution is 0.0635. The van der Waals surface area contributed by atoms with Gasteiger partial charge in [0.1, 0.15) is 9.71 Å². The second kappa shape index (κ2) is 7.73. The average Bonchev–Trinajstić information content (AvgIpc) is 3.59. The number of rotatable bonds is 5. The fraction of sp³-hybridized carbons (Fsp3) is 0.167. The SMILES string of the molecule is NC(=O)c1sc2nc3c(c(-c4cccs4)c2c1N)CN(CCN1C(=O)c2ccccc2C1=O)C3. The molecule has 0 unspecified atom stereocenters. The van der Waals surface area contributed by atoms with Crippen LogP contribution in [0.1, 0.15) is 41.6 Å². The molecule has 2 aliphatic heterocycles. The summed E-state index contributed by atoms with van der Waals surface area (Å²) < 4.78 is 0. The molecular weight excluding hydrogens is 470 g/mol. The highest BCUT2D eigenvalue weighted by molar-refractivity contribution is 7.21. The van der Waals surface area contributed by atoms with E-state index < -0.39 is 5.91 Å². The number of thiophene rings is 2. The van der Waals surface area contributed by atoms with Crippen LogP contribution in [-0.2, 0) is 13.1 Å². The summed E-state index contributed by atoms with van der Waals surface area (Å²) in [4.78, 5) is 47.7. The number of nitrogens with two attached hydrogens (primary N) is 2. The van der Waals surface area contributed by atoms with Crippen molar-refractivity contribution in [3.05, 3.63) is 69.0 Å². The Bertz CT molecular complexity index is 1470. The standard InChI is InChI=1S/C24H19N5O3S2/c25-19-18-17(16-6-3-9-33-16)14-10-28(11-15(14)27-22(18)34-20(19)21(26)30)7-8-29-23(31)12-4-1-2-5-13(12)24(29)32/h1-6,9H,7-8,10-11,25H2,(H2,26,30). The molecule has 0 saturated carbocycles. The minimum absolute atomic E-state index is 0.248. The van der Waals surface area contributed by atoms with E-state index in [9.17, 15) is 14.4 Å². The Morgan fingerprint density at radius 1 is 1.03 bits per heavy atom. The average molecular weight is 490 g/mol. The summed E-state index contributed by atoms with van der Waals surface area (Å²) in [6.07, 6.45) is 0. The van der Waals surface area contributed by atoms with Crippen LogP contribution < -0.4 is 11.5 Å². The first-order chi connectivity index (χ1) is 16.4. The predicted octanol–water partition coefficient (Wildman–Crippen LogP) is 3.32. The van der Waals surface area contributed by atoms with E-state index in [0.717, 1.165) is 27.1 Å². The van der Waals surface area contributed by atoms with Crippen molar-refractivity contribution >= 4 is 56.3 Å². The summed E-state index contributed by atoms with van der Waals surface area (Å²) in [6, 6.07) is 10.9. The van der Waals surface area contributed by atoms with Crippen molar-refractivity contribution in [2.75, 3.05) is 18.8 Å². The van der Waals surface area contributed by atoms with Gasteiger partial charge in [-0.1, -0.05) is 18.2 Å². The molecule has 0 saturated heterocycles. The van der Waals surface area contributed by atoms with Gasteiger partial charge in [-0.05, 0) is 29.1 Å². The highest BCUT2D eigenvalue weighted by atomic mass is 32.1. The Morgan fingerprint density at radius 3 is 2.41 bits per heavy atom. The molecule has 3 aromatic heterocycles. The van der Waals surface area contributed by atoms with Crippen molar-refractivity contribution in [3.8, 4) is 10.4 Å². The van der Waals surface area contributed by atoms with Crippen molar-refractivity contribution in [1.29, 1.82) is 0 Å². The van der Waals surface area contributed by atoms with Crippen molar-refractivity contribution in [3.63, 3.8) is 0 Å². The number of imide groups is 1. The number of primary amides is 1. The number of hydrogen-bond acceptors (Lipinski definition) is 8. The van der Waals surface area contributed by atoms with Crippen molar-refractivity contribution in [2.24, 2.45) is 5.73 Å². The monoisotopic (exact) mass is 489 g/mol. The molecule has 0 bridgehead atoms. The fourth-order valence-electron chi connectivity index (χ4n) is 4.75. The number of pyridine rings is 1. The van der Waals surface area contributed by atoms with Gasteiger partial charge >= 0.3 is 0 Å². The summed E-state index contributed by atoms with van der Waals surface area (Å²) in [7, 11) is 0. The number of hydrogen-bond donors (Lipinski definition) is 2. The molecule has 170 valence electrons. The fourth-order valence-corrected chi connectivity index (χ4v) is 6.53. The Labute approximate surface area is 202 Å². The van der Waals surface area contributed by atoms with Crippen molar-refractivity contribution in [1.82, 2.24) is 14.8 Å². The van der Waals surface area contributed by atoms with Gasteiger partial charge in [0, 0.05) is 42.0 Å². The maximum absolute atomic E-state index is 12.7. The van der Waals surface area contributed by atoms with E-state index in [2.05, 4.69) is 4.90 Å². The maximum atomic E-state index is 12.7. The van der Waals surface area contributed by atoms with Gasteiger partial charge in [0.2, 0.25) is 0 Å². The van der Waals surface area contributed by atoms with Gasteiger partial charge in [-0.2, -0.15) is 0 Å². The summed E-state index contributed by atoms with van der Waals surface area (Å²) in [5.41, 5.74) is 16.2. The maximum Gasteiger partial charge on any atom is 0.261 e. The zero-order valence-electron chi connectivity index (χ0n) is 17.9. The van der Waals surface area contributed by atoms with Crippen LogP contribution in [0, 0.1) is 0 Å². The molecule has 0 atom stereocenters. The number of nitrogen functional groups attached to an aromatic ring is 1. The lowest BCUT2D eigenvalue weighted by atomic mass is 10.0. The highest BCUT2D eigenvalue weighted by Gasteiger charge is 2.36. The first-order valence-electron chi connectivity index (χ1n) is 10.7. The summed E-state index contributed by atoms with van der Waals surface area (Å²) in [6.45, 7) is 2.02. The number of anilines is 1. The van der Waals surface area contributed by atoms with E-state index in [4.69, 9.17) is 16.5 Å². The van der Waals surface area contributed by atoms with E-state index in [1.807, 2.05) is 17.5 Å². The normalized spacial score (nSPS) is 15.4. The Hall–Kier alpha value is -3.60. The van der Waals surface area contributed by atoms with Gasteiger partial charge in [0.15, 0.2) is 0 Å². The van der Waals surface area contributed by atoms with Crippen LogP contribution in [0.25, 0.3) is 20.7 Å². The third-order valence-electron chi connectivity index (χ3n) is 6.33. The minimum atomic E-state index is -0.555. The lowest BCUT2D eigenvalue weighted by Gasteiger charge is -2.19. The van der Waals surface area contributed by atoms with E-state index in [0.29, 0.717) is 52.7 Å². The number of carbonyl (C=O) groups is 3. The van der Waals surface area contributed by atoms with Crippen LogP contribution in [0.4, 0.5) is 5.69 Å². The quantitative estimate of drug-likeness (QED) is 0.415. The molecule has 8 nitrogen and oxygen atoms in total. The van der Waals surface area contributed by atoms with Crippen molar-refractivity contribution in [2.45, 2.75) is 13.1 Å². The topological polar surface area (TPSA) is 123 Å². The molecule has 0 radical (unpaired) electrons. The molecule has 2 aliphatic rings. The smallest absolute Gasteiger partial charge is 0.261 e. The number of benzene rings is 1. The zero-order valence-corrected chi connectivity index (χ0v) is 19.5. The highest BCUT2D eigenvalue weighted by Crippen LogP contribution is 2.45. The molecule has 4 N–H and O–H groups in total. The predicted molar refractivity (Wildman–Crippen MR) is 132 cm³/mol. The molecule has 5 heterocycles. The van der Waals surface area contributed by atoms with Gasteiger partial charge in [-0.3, -0.25) is 24.2 Å². The largest absolute Gasteiger partial charge is 0.397 e. The molecule has 10 heteroatoms. The van der Waals surface area contributed by atoms with Gasteiger partial charge in [-0.25, -0.2) is 4.98 Å². The molecule has 3 amide bonds. The molecule has 0 aliphatic carbocycles. The second-order valence-corrected chi connectivity index (χ2v) is 10.2. The first kappa shape index (κ1) is 21.0. The van der Waals surface area contributed by atoms with Gasteiger partial charge in [0.05, 0.1) is 22.5 Å². The Balaban J connectivity index is 1.31. The second-order valence-electron chi connectivity index (χ2n) is 8.30. The summed E-state index contributed by atoms with van der Waals surface area (Å²) >= 11 is 2.82. The number of fused-ring (bicyclic) bond motifs is 3. The number of aromatic nitrogens is 1. The number of nitrogens with zero attached hydrogens (tertiary/aromatic N) is 3. The third kappa shape index (κ3) is 3.07. The molecular formula is C24H19N5O3S2. The van der Waals surface area contributed by atoms with Crippen LogP contribution in [0.3, 0.4) is 0 Å². The van der Waals surface area contributed by atoms with Crippen LogP contribution in [0.5, 0.6) is 0 Å². The van der Waals surface area contributed by atoms with Crippen LogP contribution in [0.15, 0.2) is 41.8 Å². The number of carbonyl (C=O) groups excluding carboxylic acids is 3. The van der Waals surface area contributed by atoms with Gasteiger partial charge in [-0.15, -0.1) is 22.7 Å². The van der Waals surface area contributed by atoms with E-state index in [1.165, 1.54) is 16.2 Å². The van der Waals surface area contributed by atoms with E-state index in [-0.39, 0.29) is 11.8 Å². The zero-order chi connectivity index (χ0) is 23.6. The third-order valence-corrected chi connectivity index (χ3v) is 8.33. The molecule has 4 aromatic rings. The molecule has 1 aromatic carbocycles. The van der Waals surface area contributed by atoms with Gasteiger partial charge < -0.3 is 11.5 Å². The number of amides is 3. The molecule has 0 fully saturated rings. The van der Waals surface area contributed by atoms with Crippen LogP contribution in [0.2, 0.25) is 0 Å². The first-order valence-corrected chi connectivity index (χ1v) is 12.4. The van der Waals surface area contributed by atoms with Gasteiger partial charge in [0.25, 0.3) is 17.7 Å². The van der Waals surface area contributed by atoms with Crippen molar-refractivity contribution < 1.29 is 14.4 Å². The Morgan fingerprint density at radius 2 is 1.76 bits per heavy atom. The van der Waals surface area contributed by atoms with Crippen LogP contribution in [-0.4, -0.2) is 45.6 Å². The lowest BCUT2D eigenvalue weighted by Crippen LogP contribution is -2.36. The minimum Gasteiger partial charge on any atom is -0.397 e. The summed E-state index contributed by atoms with van der Waals surface area (Å²) in [5.74, 6) is -1.05. The van der Waals surface area contributed by atoms with E-state index in [1.54, 1.807) is 35.6 Å². The molecule has 34 heavy (non-hydrogen) atoms. The Kier molecular flexibility index (Phi) is 4.76. The molecule has 0 spiro atoms. The summed E-state index contributed by atoms with van der Waals surface area (Å²) in [5, 5.41) is 2.77. The van der Waals surface area contributed by atoms with E-state index >= 15 is 0 Å². The molecule has 6 rings (SSSR count).